The Morgan fingerprint density at radius 1 is 1.12 bits per heavy atom. The van der Waals surface area contributed by atoms with Crippen LogP contribution in [0.1, 0.15) is 78.6 Å². The van der Waals surface area contributed by atoms with E-state index in [1.165, 1.54) is 20.8 Å². The first kappa shape index (κ1) is 27.1. The summed E-state index contributed by atoms with van der Waals surface area (Å²) in [6, 6.07) is 0. The fourth-order valence-electron chi connectivity index (χ4n) is 4.61. The van der Waals surface area contributed by atoms with Crippen molar-refractivity contribution in [3.05, 3.63) is 39.1 Å². The van der Waals surface area contributed by atoms with Crippen LogP contribution >= 0.6 is 0 Å². The number of aliphatic hydroxyl groups excluding tert-OH is 1. The van der Waals surface area contributed by atoms with E-state index in [9.17, 15) is 32.7 Å². The average molecular weight is 482 g/mol. The quantitative estimate of drug-likeness (QED) is 0.309. The first-order valence-electron chi connectivity index (χ1n) is 10.9. The molecule has 0 aromatic heterocycles. The van der Waals surface area contributed by atoms with Gasteiger partial charge in [-0.3, -0.25) is 14.4 Å². The highest BCUT2D eigenvalue weighted by Crippen LogP contribution is 2.42. The van der Waals surface area contributed by atoms with E-state index in [-0.39, 0.29) is 47.6 Å². The number of nitrogens with zero attached hydrogens (tertiary/aromatic N) is 1. The molecule has 1 aliphatic rings. The van der Waals surface area contributed by atoms with Crippen LogP contribution in [0.4, 0.5) is 18.9 Å². The van der Waals surface area contributed by atoms with Gasteiger partial charge in [0, 0.05) is 24.1 Å². The van der Waals surface area contributed by atoms with Gasteiger partial charge in [0.05, 0.1) is 11.3 Å². The van der Waals surface area contributed by atoms with Crippen molar-refractivity contribution in [1.29, 1.82) is 0 Å². The van der Waals surface area contributed by atoms with Crippen LogP contribution in [0.5, 0.6) is 0 Å². The van der Waals surface area contributed by atoms with E-state index in [1.807, 2.05) is 5.32 Å². The summed E-state index contributed by atoms with van der Waals surface area (Å²) in [5, 5.41) is 16.6. The molecule has 1 aliphatic carbocycles. The van der Waals surface area contributed by atoms with Gasteiger partial charge in [-0.15, -0.1) is 0 Å². The number of ketones is 2. The highest BCUT2D eigenvalue weighted by atomic mass is 19.4. The zero-order valence-corrected chi connectivity index (χ0v) is 20.1. The van der Waals surface area contributed by atoms with Gasteiger partial charge >= 0.3 is 12.1 Å². The number of rotatable bonds is 7. The van der Waals surface area contributed by atoms with Crippen molar-refractivity contribution in [3.8, 4) is 0 Å². The summed E-state index contributed by atoms with van der Waals surface area (Å²) in [6.07, 6.45) is -4.81. The monoisotopic (exact) mass is 482 g/mol. The molecule has 2 rings (SSSR count). The number of aliphatic hydroxyl groups is 1. The molecule has 0 spiro atoms. The van der Waals surface area contributed by atoms with Crippen LogP contribution in [-0.4, -0.2) is 41.1 Å². The molecular weight excluding hydrogens is 453 g/mol. The number of benzene rings is 1. The van der Waals surface area contributed by atoms with Crippen LogP contribution in [0.15, 0.2) is 16.5 Å². The van der Waals surface area contributed by atoms with E-state index >= 15 is 0 Å². The fourth-order valence-corrected chi connectivity index (χ4v) is 4.61. The minimum absolute atomic E-state index is 0.0148. The summed E-state index contributed by atoms with van der Waals surface area (Å²) in [5.74, 6) is -3.75. The van der Waals surface area contributed by atoms with Gasteiger partial charge in [-0.25, -0.2) is 0 Å². The normalized spacial score (nSPS) is 17.1. The molecule has 0 saturated carbocycles. The van der Waals surface area contributed by atoms with Crippen molar-refractivity contribution in [3.63, 3.8) is 0 Å². The zero-order chi connectivity index (χ0) is 26.0. The largest absolute Gasteiger partial charge is 0.511 e. The van der Waals surface area contributed by atoms with E-state index < -0.39 is 29.6 Å². The van der Waals surface area contributed by atoms with Crippen molar-refractivity contribution < 1.29 is 37.5 Å². The molecule has 1 amide bonds. The molecule has 34 heavy (non-hydrogen) atoms. The van der Waals surface area contributed by atoms with Gasteiger partial charge < -0.3 is 15.3 Å². The minimum atomic E-state index is -5.12. The molecule has 186 valence electrons. The Bertz CT molecular complexity index is 1090. The van der Waals surface area contributed by atoms with Crippen LogP contribution in [0.2, 0.25) is 0 Å². The maximum Gasteiger partial charge on any atom is 0.471 e. The van der Waals surface area contributed by atoms with Crippen molar-refractivity contribution in [2.75, 3.05) is 11.9 Å². The number of carbonyl (C=O) groups is 3. The van der Waals surface area contributed by atoms with Crippen molar-refractivity contribution in [2.24, 2.45) is 5.16 Å². The SMILES string of the molecule is CCO/N=C(/CC)C1=C(O)CC(c2c(C)c(NC(=O)C(F)(F)F)c(C)c(C(C)=O)c2C)CC1=O. The number of carbonyl (C=O) groups excluding carboxylic acids is 3. The first-order chi connectivity index (χ1) is 15.8. The van der Waals surface area contributed by atoms with Gasteiger partial charge in [-0.05, 0) is 69.2 Å². The van der Waals surface area contributed by atoms with Gasteiger partial charge in [0.1, 0.15) is 12.4 Å². The van der Waals surface area contributed by atoms with Crippen LogP contribution in [0, 0.1) is 20.8 Å². The third kappa shape index (κ3) is 5.31. The van der Waals surface area contributed by atoms with E-state index in [0.717, 1.165) is 0 Å². The average Bonchev–Trinajstić information content (AvgIpc) is 2.71. The lowest BCUT2D eigenvalue weighted by Gasteiger charge is -2.29. The number of nitrogens with one attached hydrogen (secondary N) is 1. The second kappa shape index (κ2) is 10.4. The summed E-state index contributed by atoms with van der Waals surface area (Å²) in [7, 11) is 0. The summed E-state index contributed by atoms with van der Waals surface area (Å²) >= 11 is 0. The molecule has 7 nitrogen and oxygen atoms in total. The molecule has 0 bridgehead atoms. The van der Waals surface area contributed by atoms with Crippen molar-refractivity contribution in [2.45, 2.75) is 72.9 Å². The predicted molar refractivity (Wildman–Crippen MR) is 121 cm³/mol. The molecule has 0 fully saturated rings. The zero-order valence-electron chi connectivity index (χ0n) is 20.1. The third-order valence-electron chi connectivity index (χ3n) is 5.93. The smallest absolute Gasteiger partial charge is 0.471 e. The first-order valence-corrected chi connectivity index (χ1v) is 10.9. The lowest BCUT2D eigenvalue weighted by atomic mass is 9.76. The minimum Gasteiger partial charge on any atom is -0.511 e. The molecule has 2 N–H and O–H groups in total. The fraction of sp³-hybridized carbons (Fsp3) is 0.500. The number of Topliss-reactive ketones (excluding diaryl/α,β-unsaturated/α-hetero) is 2. The van der Waals surface area contributed by atoms with Crippen LogP contribution in [0.3, 0.4) is 0 Å². The van der Waals surface area contributed by atoms with Crippen LogP contribution < -0.4 is 5.32 Å². The van der Waals surface area contributed by atoms with Crippen molar-refractivity contribution in [1.82, 2.24) is 0 Å². The Kier molecular flexibility index (Phi) is 8.28. The van der Waals surface area contributed by atoms with Gasteiger partial charge in [-0.1, -0.05) is 12.1 Å². The van der Waals surface area contributed by atoms with E-state index in [4.69, 9.17) is 4.84 Å². The Balaban J connectivity index is 2.67. The number of alkyl halides is 3. The van der Waals surface area contributed by atoms with Gasteiger partial charge in [0.2, 0.25) is 0 Å². The Hall–Kier alpha value is -3.17. The van der Waals surface area contributed by atoms with Crippen LogP contribution in [0.25, 0.3) is 0 Å². The summed E-state index contributed by atoms with van der Waals surface area (Å²) in [6.45, 7) is 9.70. The van der Waals surface area contributed by atoms with Gasteiger partial charge in [0.25, 0.3) is 0 Å². The topological polar surface area (TPSA) is 105 Å². The Morgan fingerprint density at radius 2 is 1.74 bits per heavy atom. The summed E-state index contributed by atoms with van der Waals surface area (Å²) in [5.41, 5.74) is 1.91. The molecule has 1 aromatic carbocycles. The maximum atomic E-state index is 13.0. The molecule has 1 unspecified atom stereocenters. The number of halogens is 3. The van der Waals surface area contributed by atoms with Gasteiger partial charge in [0.15, 0.2) is 11.6 Å². The van der Waals surface area contributed by atoms with Crippen LogP contribution in [-0.2, 0) is 14.4 Å². The van der Waals surface area contributed by atoms with Crippen molar-refractivity contribution >= 4 is 28.9 Å². The standard InChI is InChI=1S/C24H29F3N2O5/c1-7-16(29-34-8-2)21-17(31)9-15(10-18(21)32)20-11(3)19(14(6)30)12(4)22(13(20)5)28-23(33)24(25,26)27/h15,31H,7-10H2,1-6H3,(H,28,33)/b29-16-. The van der Waals surface area contributed by atoms with E-state index in [0.29, 0.717) is 28.8 Å². The lowest BCUT2D eigenvalue weighted by Crippen LogP contribution is -2.31. The number of amides is 1. The Labute approximate surface area is 196 Å². The maximum absolute atomic E-state index is 13.0. The number of anilines is 1. The highest BCUT2D eigenvalue weighted by Gasteiger charge is 2.40. The highest BCUT2D eigenvalue weighted by molar-refractivity contribution is 6.23. The molecule has 1 atom stereocenters. The molecule has 0 heterocycles. The molecule has 0 saturated heterocycles. The number of hydrogen-bond donors (Lipinski definition) is 2. The third-order valence-corrected chi connectivity index (χ3v) is 5.93. The van der Waals surface area contributed by atoms with Gasteiger partial charge in [-0.2, -0.15) is 13.2 Å². The number of allylic oxidation sites excluding steroid dienone is 2. The van der Waals surface area contributed by atoms with E-state index in [1.54, 1.807) is 20.8 Å². The molecule has 0 radical (unpaired) electrons. The lowest BCUT2D eigenvalue weighted by molar-refractivity contribution is -0.167. The molecule has 10 heteroatoms. The second-order valence-electron chi connectivity index (χ2n) is 8.21. The molecule has 1 aromatic rings. The predicted octanol–water partition coefficient (Wildman–Crippen LogP) is 5.38. The molecule has 0 aliphatic heterocycles. The number of oxime groups is 1. The Morgan fingerprint density at radius 3 is 2.21 bits per heavy atom. The number of hydrogen-bond acceptors (Lipinski definition) is 6. The molecular formula is C24H29F3N2O5. The second-order valence-corrected chi connectivity index (χ2v) is 8.21. The van der Waals surface area contributed by atoms with E-state index in [2.05, 4.69) is 5.16 Å². The summed E-state index contributed by atoms with van der Waals surface area (Å²) in [4.78, 5) is 42.1. The summed E-state index contributed by atoms with van der Waals surface area (Å²) < 4.78 is 38.9.